The van der Waals surface area contributed by atoms with Gasteiger partial charge in [0, 0.05) is 65.9 Å². The summed E-state index contributed by atoms with van der Waals surface area (Å²) in [5, 5.41) is 22.4. The van der Waals surface area contributed by atoms with Crippen LogP contribution in [0, 0.1) is 29.6 Å². The van der Waals surface area contributed by atoms with Crippen LogP contribution in [0.2, 0.25) is 0 Å². The fourth-order valence-electron chi connectivity index (χ4n) is 10.4. The van der Waals surface area contributed by atoms with Crippen molar-refractivity contribution >= 4 is 29.6 Å². The Labute approximate surface area is 374 Å². The van der Waals surface area contributed by atoms with Crippen molar-refractivity contribution in [3.8, 4) is 0 Å². The lowest BCUT2D eigenvalue weighted by molar-refractivity contribution is -0.349. The number of ether oxygens (including phenoxy) is 7. The molecular weight excluding hydrogens is 815 g/mol. The van der Waals surface area contributed by atoms with E-state index in [1.54, 1.807) is 35.2 Å². The molecule has 2 bridgehead atoms. The van der Waals surface area contributed by atoms with Crippen LogP contribution in [0.25, 0.3) is 0 Å². The van der Waals surface area contributed by atoms with Crippen LogP contribution in [0.1, 0.15) is 132 Å². The highest BCUT2D eigenvalue weighted by molar-refractivity contribution is 5.90. The largest absolute Gasteiger partial charge is 0.456 e. The van der Waals surface area contributed by atoms with Crippen LogP contribution in [-0.4, -0.2) is 133 Å². The van der Waals surface area contributed by atoms with E-state index in [2.05, 4.69) is 6.92 Å². The zero-order chi connectivity index (χ0) is 46.8. The zero-order valence-corrected chi connectivity index (χ0v) is 39.7. The highest BCUT2D eigenvalue weighted by Gasteiger charge is 2.62. The van der Waals surface area contributed by atoms with Crippen LogP contribution < -0.4 is 0 Å². The maximum Gasteiger partial charge on any atom is 0.329 e. The van der Waals surface area contributed by atoms with Crippen molar-refractivity contribution in [2.24, 2.45) is 29.6 Å². The van der Waals surface area contributed by atoms with Crippen molar-refractivity contribution in [3.05, 3.63) is 23.3 Å². The zero-order valence-electron chi connectivity index (χ0n) is 39.7. The number of piperidine rings is 1. The molecule has 4 rings (SSSR count). The Kier molecular flexibility index (Phi) is 19.8. The number of fused-ring (bicyclic) bond motifs is 3. The van der Waals surface area contributed by atoms with Crippen molar-refractivity contribution in [3.63, 3.8) is 0 Å². The van der Waals surface area contributed by atoms with E-state index in [1.165, 1.54) is 11.8 Å². The molecule has 0 aromatic heterocycles. The van der Waals surface area contributed by atoms with Crippen molar-refractivity contribution < 1.29 is 67.3 Å². The summed E-state index contributed by atoms with van der Waals surface area (Å²) in [6.07, 6.45) is 2.42. The first-order valence-electron chi connectivity index (χ1n) is 23.2. The Balaban J connectivity index is 1.89. The van der Waals surface area contributed by atoms with E-state index in [1.807, 2.05) is 32.9 Å². The van der Waals surface area contributed by atoms with Gasteiger partial charge < -0.3 is 48.3 Å². The average Bonchev–Trinajstić information content (AvgIpc) is 3.23. The van der Waals surface area contributed by atoms with Gasteiger partial charge in [-0.2, -0.15) is 0 Å². The molecule has 15 heteroatoms. The first-order chi connectivity index (χ1) is 29.8. The van der Waals surface area contributed by atoms with Crippen LogP contribution in [0.4, 0.5) is 0 Å². The van der Waals surface area contributed by atoms with Crippen LogP contribution in [-0.2, 0) is 57.1 Å². The number of rotatable bonds is 9. The SMILES string of the molecule is CCCC1C=C(C)CC(C)CC(OC)C2OC(OC(C)=O)(C(C)CC2OC)C(OC(C)=O)C(=O)N2CCCCC2C(=O)OC(C(C)=CC2CCC(O)C(OC)C2)C(C)C(O)CC1=O. The van der Waals surface area contributed by atoms with Gasteiger partial charge in [-0.25, -0.2) is 4.79 Å². The molecule has 1 aliphatic carbocycles. The number of ketones is 1. The number of esters is 3. The van der Waals surface area contributed by atoms with E-state index in [0.717, 1.165) is 18.9 Å². The summed E-state index contributed by atoms with van der Waals surface area (Å²) in [5.74, 6) is -7.36. The number of nitrogens with zero attached hydrogens (tertiary/aromatic N) is 1. The molecule has 2 N–H and O–H groups in total. The number of hydrogen-bond donors (Lipinski definition) is 2. The molecule has 1 amide bonds. The summed E-state index contributed by atoms with van der Waals surface area (Å²) >= 11 is 0. The monoisotopic (exact) mass is 892 g/mol. The van der Waals surface area contributed by atoms with E-state index < -0.39 is 96.1 Å². The van der Waals surface area contributed by atoms with Gasteiger partial charge in [0.15, 0.2) is 0 Å². The Morgan fingerprint density at radius 3 is 2.16 bits per heavy atom. The topological polar surface area (TPSA) is 194 Å². The number of aliphatic hydroxyl groups excluding tert-OH is 2. The number of allylic oxidation sites excluding steroid dienone is 3. The third-order valence-corrected chi connectivity index (χ3v) is 13.8. The summed E-state index contributed by atoms with van der Waals surface area (Å²) in [6, 6.07) is -1.15. The standard InChI is InChI=1S/C48H77NO14/c1-12-15-35-21-27(2)20-28(3)22-41(58-10)44-42(59-11)24-30(5)48(63-44,62-33(8)51)45(60-32(7)50)46(55)49-19-14-13-16-36(49)47(56)61-43(31(6)38(53)26-39(35)54)29(4)23-34-17-18-37(52)40(25-34)57-9/h21,23,28,30-31,34-38,40-45,52-53H,12-20,22,24-26H2,1-11H3. The highest BCUT2D eigenvalue weighted by Crippen LogP contribution is 2.44. The van der Waals surface area contributed by atoms with Gasteiger partial charge in [-0.3, -0.25) is 19.2 Å². The van der Waals surface area contributed by atoms with Gasteiger partial charge in [0.25, 0.3) is 11.7 Å². The molecule has 0 radical (unpaired) electrons. The summed E-state index contributed by atoms with van der Waals surface area (Å²) < 4.78 is 42.8. The molecule has 15 nitrogen and oxygen atoms in total. The van der Waals surface area contributed by atoms with E-state index >= 15 is 4.79 Å². The fourth-order valence-corrected chi connectivity index (χ4v) is 10.4. The number of cyclic esters (lactones) is 1. The van der Waals surface area contributed by atoms with Crippen LogP contribution >= 0.6 is 0 Å². The summed E-state index contributed by atoms with van der Waals surface area (Å²) in [5.41, 5.74) is 1.64. The van der Waals surface area contributed by atoms with Gasteiger partial charge in [0.2, 0.25) is 6.10 Å². The van der Waals surface area contributed by atoms with Crippen LogP contribution in [0.5, 0.6) is 0 Å². The van der Waals surface area contributed by atoms with Crippen molar-refractivity contribution in [1.29, 1.82) is 0 Å². The molecule has 15 unspecified atom stereocenters. The maximum absolute atomic E-state index is 15.2. The van der Waals surface area contributed by atoms with E-state index in [4.69, 9.17) is 33.2 Å². The molecule has 3 heterocycles. The lowest BCUT2D eigenvalue weighted by Gasteiger charge is -2.51. The molecule has 4 aliphatic rings. The molecule has 3 aliphatic heterocycles. The summed E-state index contributed by atoms with van der Waals surface area (Å²) in [4.78, 5) is 71.4. The van der Waals surface area contributed by atoms with Crippen molar-refractivity contribution in [2.45, 2.75) is 193 Å². The van der Waals surface area contributed by atoms with Gasteiger partial charge in [-0.15, -0.1) is 0 Å². The molecular formula is C48H77NO14. The molecule has 2 saturated heterocycles. The molecule has 3 fully saturated rings. The van der Waals surface area contributed by atoms with E-state index in [9.17, 15) is 29.4 Å². The van der Waals surface area contributed by atoms with Crippen LogP contribution in [0.3, 0.4) is 0 Å². The quantitative estimate of drug-likeness (QED) is 0.160. The average molecular weight is 892 g/mol. The lowest BCUT2D eigenvalue weighted by atomic mass is 9.81. The minimum atomic E-state index is -2.14. The summed E-state index contributed by atoms with van der Waals surface area (Å²) in [7, 11) is 4.65. The molecule has 0 aromatic carbocycles. The van der Waals surface area contributed by atoms with Crippen molar-refractivity contribution in [2.75, 3.05) is 27.9 Å². The number of carbonyl (C=O) groups is 5. The van der Waals surface area contributed by atoms with Gasteiger partial charge >= 0.3 is 17.9 Å². The van der Waals surface area contributed by atoms with E-state index in [-0.39, 0.29) is 49.5 Å². The number of Topliss-reactive ketones (excluding diaryl/α,β-unsaturated/α-hetero) is 1. The third-order valence-electron chi connectivity index (χ3n) is 13.8. The second-order valence-electron chi connectivity index (χ2n) is 18.8. The predicted octanol–water partition coefficient (Wildman–Crippen LogP) is 5.80. The number of carbonyl (C=O) groups excluding carboxylic acids is 5. The second kappa shape index (κ2) is 23.8. The van der Waals surface area contributed by atoms with Gasteiger partial charge in [0.05, 0.1) is 30.5 Å². The Bertz CT molecular complexity index is 1630. The smallest absolute Gasteiger partial charge is 0.329 e. The number of aliphatic hydroxyl groups is 2. The molecule has 0 aromatic rings. The molecule has 63 heavy (non-hydrogen) atoms. The highest BCUT2D eigenvalue weighted by atomic mass is 16.8. The number of amides is 1. The van der Waals surface area contributed by atoms with Gasteiger partial charge in [0.1, 0.15) is 24.0 Å². The Morgan fingerprint density at radius 1 is 0.873 bits per heavy atom. The number of methoxy groups -OCH3 is 3. The normalized spacial score (nSPS) is 38.4. The van der Waals surface area contributed by atoms with E-state index in [0.29, 0.717) is 56.9 Å². The van der Waals surface area contributed by atoms with Gasteiger partial charge in [-0.1, -0.05) is 51.8 Å². The summed E-state index contributed by atoms with van der Waals surface area (Å²) in [6.45, 7) is 13.8. The Hall–Kier alpha value is -3.21. The van der Waals surface area contributed by atoms with Gasteiger partial charge in [-0.05, 0) is 95.5 Å². The minimum absolute atomic E-state index is 0.00262. The second-order valence-corrected chi connectivity index (χ2v) is 18.8. The van der Waals surface area contributed by atoms with Crippen molar-refractivity contribution in [1.82, 2.24) is 4.90 Å². The third kappa shape index (κ3) is 13.2. The first-order valence-corrected chi connectivity index (χ1v) is 23.2. The minimum Gasteiger partial charge on any atom is -0.456 e. The lowest BCUT2D eigenvalue weighted by Crippen LogP contribution is -2.68. The molecule has 0 spiro atoms. The first kappa shape index (κ1) is 52.4. The van der Waals surface area contributed by atoms with Crippen LogP contribution in [0.15, 0.2) is 23.3 Å². The Morgan fingerprint density at radius 2 is 1.54 bits per heavy atom. The predicted molar refractivity (Wildman–Crippen MR) is 233 cm³/mol. The molecule has 15 atom stereocenters. The molecule has 358 valence electrons. The maximum atomic E-state index is 15.2. The molecule has 1 saturated carbocycles. The fraction of sp³-hybridized carbons (Fsp3) is 0.812. The number of hydrogen-bond acceptors (Lipinski definition) is 14.